The molecule has 0 aromatic heterocycles. The number of hydrogen-bond acceptors (Lipinski definition) is 2. The van der Waals surface area contributed by atoms with Crippen molar-refractivity contribution in [3.05, 3.63) is 68.1 Å². The van der Waals surface area contributed by atoms with Gasteiger partial charge in [-0.05, 0) is 55.7 Å². The van der Waals surface area contributed by atoms with Crippen molar-refractivity contribution in [2.45, 2.75) is 52.2 Å². The Bertz CT molecular complexity index is 838. The van der Waals surface area contributed by atoms with E-state index in [1.807, 2.05) is 38.1 Å². The molecule has 29 heavy (non-hydrogen) atoms. The summed E-state index contributed by atoms with van der Waals surface area (Å²) in [6, 6.07) is 12.2. The summed E-state index contributed by atoms with van der Waals surface area (Å²) in [5.74, 6) is -0.398. The minimum atomic E-state index is -0.638. The van der Waals surface area contributed by atoms with Gasteiger partial charge in [-0.1, -0.05) is 64.3 Å². The average Bonchev–Trinajstić information content (AvgIpc) is 2.69. The molecular formula is C22H25BrCl2N2O2. The number of nitrogens with one attached hydrogen (secondary N) is 1. The highest BCUT2D eigenvalue weighted by Crippen LogP contribution is 2.26. The van der Waals surface area contributed by atoms with Gasteiger partial charge in [0.1, 0.15) is 6.04 Å². The maximum absolute atomic E-state index is 13.2. The predicted molar refractivity (Wildman–Crippen MR) is 122 cm³/mol. The molecule has 0 saturated carbocycles. The second-order valence-corrected chi connectivity index (χ2v) is 8.75. The van der Waals surface area contributed by atoms with Crippen molar-refractivity contribution in [2.24, 2.45) is 0 Å². The van der Waals surface area contributed by atoms with Crippen LogP contribution in [0.2, 0.25) is 10.0 Å². The van der Waals surface area contributed by atoms with Crippen molar-refractivity contribution >= 4 is 50.9 Å². The standard InChI is InChI=1S/C22H25BrCl2N2O2/c1-4-14(2)26-22(29)15(3)27(13-16-8-10-17(23)11-9-16)21(28)12-18-19(24)6-5-7-20(18)25/h5-11,14-15H,4,12-13H2,1-3H3,(H,26,29)/t14-,15-/m1/s1. The summed E-state index contributed by atoms with van der Waals surface area (Å²) in [7, 11) is 0. The Labute approximate surface area is 190 Å². The Morgan fingerprint density at radius 1 is 1.07 bits per heavy atom. The number of carbonyl (C=O) groups is 2. The minimum absolute atomic E-state index is 0.0238. The molecule has 0 heterocycles. The van der Waals surface area contributed by atoms with Crippen LogP contribution in [-0.2, 0) is 22.6 Å². The van der Waals surface area contributed by atoms with Gasteiger partial charge in [-0.2, -0.15) is 0 Å². The molecule has 7 heteroatoms. The zero-order valence-electron chi connectivity index (χ0n) is 16.7. The third kappa shape index (κ3) is 6.73. The summed E-state index contributed by atoms with van der Waals surface area (Å²) in [6.07, 6.45) is 0.838. The first-order valence-electron chi connectivity index (χ1n) is 9.50. The van der Waals surface area contributed by atoms with Crippen LogP contribution in [0.15, 0.2) is 46.9 Å². The number of hydrogen-bond donors (Lipinski definition) is 1. The number of nitrogens with zero attached hydrogens (tertiary/aromatic N) is 1. The van der Waals surface area contributed by atoms with Crippen LogP contribution in [-0.4, -0.2) is 28.8 Å². The lowest BCUT2D eigenvalue weighted by molar-refractivity contribution is -0.140. The highest BCUT2D eigenvalue weighted by molar-refractivity contribution is 9.10. The van der Waals surface area contributed by atoms with Crippen molar-refractivity contribution in [3.8, 4) is 0 Å². The molecule has 156 valence electrons. The minimum Gasteiger partial charge on any atom is -0.352 e. The number of carbonyl (C=O) groups excluding carboxylic acids is 2. The molecule has 2 aromatic rings. The molecule has 0 aliphatic heterocycles. The fraction of sp³-hybridized carbons (Fsp3) is 0.364. The lowest BCUT2D eigenvalue weighted by Crippen LogP contribution is -2.49. The zero-order valence-corrected chi connectivity index (χ0v) is 19.8. The summed E-state index contributed by atoms with van der Waals surface area (Å²) in [5, 5.41) is 3.83. The maximum Gasteiger partial charge on any atom is 0.242 e. The van der Waals surface area contributed by atoms with Crippen LogP contribution < -0.4 is 5.32 Å². The van der Waals surface area contributed by atoms with Crippen molar-refractivity contribution in [1.29, 1.82) is 0 Å². The molecule has 2 atom stereocenters. The van der Waals surface area contributed by atoms with Gasteiger partial charge in [-0.25, -0.2) is 0 Å². The van der Waals surface area contributed by atoms with Gasteiger partial charge >= 0.3 is 0 Å². The van der Waals surface area contributed by atoms with Gasteiger partial charge in [0, 0.05) is 27.1 Å². The van der Waals surface area contributed by atoms with E-state index in [1.165, 1.54) is 0 Å². The third-order valence-electron chi connectivity index (χ3n) is 4.82. The third-order valence-corrected chi connectivity index (χ3v) is 6.06. The molecule has 0 saturated heterocycles. The van der Waals surface area contributed by atoms with Crippen molar-refractivity contribution in [3.63, 3.8) is 0 Å². The summed E-state index contributed by atoms with van der Waals surface area (Å²) in [6.45, 7) is 5.99. The molecule has 0 bridgehead atoms. The highest BCUT2D eigenvalue weighted by Gasteiger charge is 2.27. The number of halogens is 3. The SMILES string of the molecule is CC[C@@H](C)NC(=O)[C@@H](C)N(Cc1ccc(Br)cc1)C(=O)Cc1c(Cl)cccc1Cl. The topological polar surface area (TPSA) is 49.4 Å². The van der Waals surface area contributed by atoms with Crippen LogP contribution >= 0.6 is 39.1 Å². The van der Waals surface area contributed by atoms with Gasteiger partial charge in [0.2, 0.25) is 11.8 Å². The van der Waals surface area contributed by atoms with Gasteiger partial charge in [0.15, 0.2) is 0 Å². The van der Waals surface area contributed by atoms with Gasteiger partial charge in [-0.3, -0.25) is 9.59 Å². The van der Waals surface area contributed by atoms with E-state index in [0.29, 0.717) is 22.2 Å². The zero-order chi connectivity index (χ0) is 21.6. The van der Waals surface area contributed by atoms with E-state index in [4.69, 9.17) is 23.2 Å². The molecule has 1 N–H and O–H groups in total. The Morgan fingerprint density at radius 3 is 2.21 bits per heavy atom. The number of amides is 2. The average molecular weight is 500 g/mol. The van der Waals surface area contributed by atoms with Crippen molar-refractivity contribution < 1.29 is 9.59 Å². The Morgan fingerprint density at radius 2 is 1.66 bits per heavy atom. The van der Waals surface area contributed by atoms with E-state index in [9.17, 15) is 9.59 Å². The van der Waals surface area contributed by atoms with Gasteiger partial charge in [-0.15, -0.1) is 0 Å². The van der Waals surface area contributed by atoms with Crippen LogP contribution in [0, 0.1) is 0 Å². The van der Waals surface area contributed by atoms with E-state index in [1.54, 1.807) is 30.0 Å². The first-order valence-corrected chi connectivity index (χ1v) is 11.0. The molecule has 0 aliphatic rings. The molecule has 0 radical (unpaired) electrons. The first-order chi connectivity index (χ1) is 13.7. The van der Waals surface area contributed by atoms with Crippen molar-refractivity contribution in [1.82, 2.24) is 10.2 Å². The smallest absolute Gasteiger partial charge is 0.242 e. The molecule has 2 amide bonds. The lowest BCUT2D eigenvalue weighted by Gasteiger charge is -2.30. The largest absolute Gasteiger partial charge is 0.352 e. The fourth-order valence-electron chi connectivity index (χ4n) is 2.79. The highest BCUT2D eigenvalue weighted by atomic mass is 79.9. The quantitative estimate of drug-likeness (QED) is 0.511. The van der Waals surface area contributed by atoms with E-state index < -0.39 is 6.04 Å². The second-order valence-electron chi connectivity index (χ2n) is 7.02. The van der Waals surface area contributed by atoms with E-state index in [-0.39, 0.29) is 24.3 Å². The predicted octanol–water partition coefficient (Wildman–Crippen LogP) is 5.63. The van der Waals surface area contributed by atoms with Crippen molar-refractivity contribution in [2.75, 3.05) is 0 Å². The molecule has 4 nitrogen and oxygen atoms in total. The summed E-state index contributed by atoms with van der Waals surface area (Å²) in [4.78, 5) is 27.5. The Kier molecular flexibility index (Phi) is 9.00. The summed E-state index contributed by atoms with van der Waals surface area (Å²) < 4.78 is 0.949. The molecule has 0 aliphatic carbocycles. The second kappa shape index (κ2) is 11.0. The fourth-order valence-corrected chi connectivity index (χ4v) is 3.58. The van der Waals surface area contributed by atoms with Crippen LogP contribution in [0.4, 0.5) is 0 Å². The molecule has 0 fully saturated rings. The first kappa shape index (κ1) is 23.7. The monoisotopic (exact) mass is 498 g/mol. The van der Waals surface area contributed by atoms with Crippen LogP contribution in [0.1, 0.15) is 38.3 Å². The van der Waals surface area contributed by atoms with E-state index in [2.05, 4.69) is 21.2 Å². The van der Waals surface area contributed by atoms with Crippen LogP contribution in [0.3, 0.4) is 0 Å². The van der Waals surface area contributed by atoms with Gasteiger partial charge < -0.3 is 10.2 Å². The lowest BCUT2D eigenvalue weighted by atomic mass is 10.1. The number of benzene rings is 2. The maximum atomic E-state index is 13.2. The molecule has 2 rings (SSSR count). The molecule has 0 unspecified atom stereocenters. The van der Waals surface area contributed by atoms with Gasteiger partial charge in [0.25, 0.3) is 0 Å². The summed E-state index contributed by atoms with van der Waals surface area (Å²) >= 11 is 15.9. The summed E-state index contributed by atoms with van der Waals surface area (Å²) in [5.41, 5.74) is 1.49. The Balaban J connectivity index is 2.28. The van der Waals surface area contributed by atoms with Crippen LogP contribution in [0.25, 0.3) is 0 Å². The van der Waals surface area contributed by atoms with Gasteiger partial charge in [0.05, 0.1) is 6.42 Å². The number of rotatable bonds is 8. The molecule has 2 aromatic carbocycles. The Hall–Kier alpha value is -1.56. The molecule has 0 spiro atoms. The van der Waals surface area contributed by atoms with E-state index in [0.717, 1.165) is 16.5 Å². The van der Waals surface area contributed by atoms with E-state index >= 15 is 0 Å². The normalized spacial score (nSPS) is 12.9. The molecular weight excluding hydrogens is 475 g/mol. The van der Waals surface area contributed by atoms with Crippen LogP contribution in [0.5, 0.6) is 0 Å².